The fraction of sp³-hybridized carbons (Fsp3) is 0.111. The van der Waals surface area contributed by atoms with Gasteiger partial charge in [0.2, 0.25) is 0 Å². The predicted molar refractivity (Wildman–Crippen MR) is 137 cm³/mol. The number of hydrogen-bond acceptors (Lipinski definition) is 1. The van der Waals surface area contributed by atoms with Crippen LogP contribution >= 0.6 is 24.2 Å². The Hall–Kier alpha value is -2.41. The molecular weight excluding hydrogens is 451 g/mol. The molecule has 0 amide bonds. The first kappa shape index (κ1) is 22.3. The van der Waals surface area contributed by atoms with Crippen molar-refractivity contribution in [2.45, 2.75) is 13.1 Å². The quantitative estimate of drug-likeness (QED) is 0.289. The highest BCUT2D eigenvalue weighted by Gasteiger charge is 2.45. The van der Waals surface area contributed by atoms with Gasteiger partial charge in [-0.1, -0.05) is 66.7 Å². The van der Waals surface area contributed by atoms with Crippen LogP contribution < -0.4 is 20.7 Å². The Morgan fingerprint density at radius 1 is 0.567 bits per heavy atom. The van der Waals surface area contributed by atoms with Gasteiger partial charge in [0.25, 0.3) is 0 Å². The summed E-state index contributed by atoms with van der Waals surface area (Å²) in [4.78, 5) is 0. The van der Waals surface area contributed by atoms with E-state index in [1.165, 1.54) is 21.5 Å². The monoisotopic (exact) mass is 477 g/mol. The van der Waals surface area contributed by atoms with Crippen LogP contribution in [-0.2, 0) is 6.16 Å². The molecule has 30 heavy (non-hydrogen) atoms. The zero-order chi connectivity index (χ0) is 19.9. The molecule has 0 aliphatic heterocycles. The van der Waals surface area contributed by atoms with E-state index < -0.39 is 7.26 Å². The summed E-state index contributed by atoms with van der Waals surface area (Å²) in [5.41, 5.74) is 1.33. The molecule has 0 heterocycles. The third-order valence-corrected chi connectivity index (χ3v) is 9.62. The van der Waals surface area contributed by atoms with Crippen LogP contribution in [0.2, 0.25) is 0 Å². The highest BCUT2D eigenvalue weighted by Crippen LogP contribution is 2.58. The maximum Gasteiger partial charge on any atom is 0.119 e. The van der Waals surface area contributed by atoms with Gasteiger partial charge in [-0.15, -0.1) is 17.0 Å². The van der Waals surface area contributed by atoms with Crippen LogP contribution in [0, 0.1) is 0 Å². The van der Waals surface area contributed by atoms with E-state index in [9.17, 15) is 0 Å². The van der Waals surface area contributed by atoms with E-state index >= 15 is 0 Å². The Morgan fingerprint density at radius 2 is 0.967 bits per heavy atom. The number of rotatable bonds is 7. The average Bonchev–Trinajstić information content (AvgIpc) is 2.80. The first-order valence-corrected chi connectivity index (χ1v) is 12.1. The predicted octanol–water partition coefficient (Wildman–Crippen LogP) is 6.16. The van der Waals surface area contributed by atoms with Gasteiger partial charge in [-0.2, -0.15) is 0 Å². The van der Waals surface area contributed by atoms with Gasteiger partial charge in [-0.3, -0.25) is 0 Å². The largest absolute Gasteiger partial charge is 0.494 e. The van der Waals surface area contributed by atoms with Crippen molar-refractivity contribution in [3.8, 4) is 5.75 Å². The molecule has 1 nitrogen and oxygen atoms in total. The van der Waals surface area contributed by atoms with Crippen LogP contribution in [0.4, 0.5) is 0 Å². The Labute approximate surface area is 190 Å². The minimum atomic E-state index is -1.85. The molecule has 0 aliphatic carbocycles. The van der Waals surface area contributed by atoms with E-state index in [4.69, 9.17) is 4.74 Å². The molecule has 0 aromatic heterocycles. The highest BCUT2D eigenvalue weighted by atomic mass is 79.9. The Bertz CT molecular complexity index is 922. The van der Waals surface area contributed by atoms with Gasteiger partial charge in [0, 0.05) is 0 Å². The highest BCUT2D eigenvalue weighted by molar-refractivity contribution is 8.93. The second-order valence-electron chi connectivity index (χ2n) is 7.05. The van der Waals surface area contributed by atoms with E-state index in [0.717, 1.165) is 11.9 Å². The summed E-state index contributed by atoms with van der Waals surface area (Å²) in [5.74, 6) is 0.930. The third kappa shape index (κ3) is 4.67. The molecule has 0 radical (unpaired) electrons. The molecule has 4 aromatic rings. The number of benzene rings is 4. The first-order chi connectivity index (χ1) is 14.3. The van der Waals surface area contributed by atoms with Crippen molar-refractivity contribution < 1.29 is 4.74 Å². The zero-order valence-electron chi connectivity index (χ0n) is 17.1. The van der Waals surface area contributed by atoms with Crippen LogP contribution in [0.25, 0.3) is 0 Å². The summed E-state index contributed by atoms with van der Waals surface area (Å²) in [7, 11) is -1.85. The lowest BCUT2D eigenvalue weighted by Gasteiger charge is -2.28. The molecule has 0 atom stereocenters. The van der Waals surface area contributed by atoms with E-state index in [1.54, 1.807) is 0 Å². The molecular formula is C27H27BrOP+. The van der Waals surface area contributed by atoms with Crippen LogP contribution in [0.3, 0.4) is 0 Å². The summed E-state index contributed by atoms with van der Waals surface area (Å²) >= 11 is 0. The van der Waals surface area contributed by atoms with E-state index in [2.05, 4.69) is 115 Å². The molecule has 3 heteroatoms. The van der Waals surface area contributed by atoms with Crippen LogP contribution in [0.1, 0.15) is 12.5 Å². The summed E-state index contributed by atoms with van der Waals surface area (Å²) in [6.45, 7) is 2.71. The maximum atomic E-state index is 5.65. The molecule has 0 unspecified atom stereocenters. The minimum absolute atomic E-state index is 0. The molecule has 0 saturated heterocycles. The van der Waals surface area contributed by atoms with E-state index in [1.807, 2.05) is 6.92 Å². The lowest BCUT2D eigenvalue weighted by Crippen LogP contribution is -2.32. The molecule has 152 valence electrons. The summed E-state index contributed by atoms with van der Waals surface area (Å²) in [5, 5.41) is 4.23. The van der Waals surface area contributed by atoms with Crippen molar-refractivity contribution in [2.24, 2.45) is 0 Å². The van der Waals surface area contributed by atoms with Gasteiger partial charge in [-0.25, -0.2) is 0 Å². The Morgan fingerprint density at radius 3 is 1.33 bits per heavy atom. The van der Waals surface area contributed by atoms with Crippen molar-refractivity contribution in [1.82, 2.24) is 0 Å². The molecule has 0 bridgehead atoms. The van der Waals surface area contributed by atoms with E-state index in [0.29, 0.717) is 6.61 Å². The van der Waals surface area contributed by atoms with Crippen molar-refractivity contribution in [2.75, 3.05) is 6.61 Å². The summed E-state index contributed by atoms with van der Waals surface area (Å²) in [6.07, 6.45) is 0.984. The first-order valence-electron chi connectivity index (χ1n) is 10.1. The molecule has 0 aliphatic rings. The Kier molecular flexibility index (Phi) is 7.85. The molecule has 0 saturated carbocycles. The number of ether oxygens (including phenoxy) is 1. The minimum Gasteiger partial charge on any atom is -0.494 e. The van der Waals surface area contributed by atoms with Crippen molar-refractivity contribution in [1.29, 1.82) is 0 Å². The standard InChI is InChI=1S/C27H26OP.BrH/c1-2-28-24-20-18-23(19-21-24)22-29(25-12-6-3-7-13-25,26-14-8-4-9-15-26)27-16-10-5-11-17-27;/h3-21H,2,22H2,1H3;1H/q+1;. The zero-order valence-corrected chi connectivity index (χ0v) is 19.8. The third-order valence-electron chi connectivity index (χ3n) is 5.25. The van der Waals surface area contributed by atoms with Gasteiger partial charge in [0.05, 0.1) is 12.8 Å². The van der Waals surface area contributed by atoms with Gasteiger partial charge >= 0.3 is 0 Å². The van der Waals surface area contributed by atoms with Crippen LogP contribution in [0.5, 0.6) is 5.75 Å². The fourth-order valence-corrected chi connectivity index (χ4v) is 8.14. The number of halogens is 1. The second kappa shape index (κ2) is 10.6. The number of hydrogen-bond donors (Lipinski definition) is 0. The van der Waals surface area contributed by atoms with Crippen LogP contribution in [-0.4, -0.2) is 6.61 Å². The molecule has 4 rings (SSSR count). The Balaban J connectivity index is 0.00000256. The second-order valence-corrected chi connectivity index (χ2v) is 10.5. The van der Waals surface area contributed by atoms with Gasteiger partial charge in [0.1, 0.15) is 28.9 Å². The smallest absolute Gasteiger partial charge is 0.119 e. The van der Waals surface area contributed by atoms with Crippen molar-refractivity contribution >= 4 is 40.2 Å². The molecule has 0 spiro atoms. The molecule has 4 aromatic carbocycles. The summed E-state index contributed by atoms with van der Waals surface area (Å²) in [6, 6.07) is 41.7. The van der Waals surface area contributed by atoms with Crippen molar-refractivity contribution in [3.05, 3.63) is 121 Å². The van der Waals surface area contributed by atoms with Gasteiger partial charge in [0.15, 0.2) is 0 Å². The maximum absolute atomic E-state index is 5.65. The van der Waals surface area contributed by atoms with Gasteiger partial charge < -0.3 is 4.74 Å². The van der Waals surface area contributed by atoms with Crippen molar-refractivity contribution in [3.63, 3.8) is 0 Å². The average molecular weight is 478 g/mol. The lowest BCUT2D eigenvalue weighted by molar-refractivity contribution is 0.340. The van der Waals surface area contributed by atoms with E-state index in [-0.39, 0.29) is 17.0 Å². The molecule has 0 N–H and O–H groups in total. The fourth-order valence-electron chi connectivity index (χ4n) is 3.90. The lowest BCUT2D eigenvalue weighted by atomic mass is 10.2. The van der Waals surface area contributed by atoms with Gasteiger partial charge in [-0.05, 0) is 61.0 Å². The van der Waals surface area contributed by atoms with Crippen LogP contribution in [0.15, 0.2) is 115 Å². The SMILES string of the molecule is Br.CCOc1ccc(C[P+](c2ccccc2)(c2ccccc2)c2ccccc2)cc1. The molecule has 0 fully saturated rings. The normalized spacial score (nSPS) is 10.8. The topological polar surface area (TPSA) is 9.23 Å². The summed E-state index contributed by atoms with van der Waals surface area (Å²) < 4.78 is 5.65.